The van der Waals surface area contributed by atoms with Gasteiger partial charge in [0.15, 0.2) is 0 Å². The van der Waals surface area contributed by atoms with Crippen LogP contribution in [0.25, 0.3) is 0 Å². The van der Waals surface area contributed by atoms with E-state index in [1.165, 1.54) is 36.4 Å². The van der Waals surface area contributed by atoms with Gasteiger partial charge in [-0.1, -0.05) is 16.6 Å². The summed E-state index contributed by atoms with van der Waals surface area (Å²) < 4.78 is 9.65. The molecule has 0 amide bonds. The average molecular weight is 371 g/mol. The van der Waals surface area contributed by atoms with Gasteiger partial charge in [-0.3, -0.25) is 9.80 Å². The number of benzene rings is 1. The highest BCUT2D eigenvalue weighted by Crippen LogP contribution is 2.47. The van der Waals surface area contributed by atoms with Crippen molar-refractivity contribution >= 4 is 11.5 Å². The molecule has 5 heterocycles. The van der Waals surface area contributed by atoms with E-state index >= 15 is 0 Å². The lowest BCUT2D eigenvalue weighted by atomic mass is 9.75. The molecule has 0 N–H and O–H groups in total. The van der Waals surface area contributed by atoms with E-state index in [1.54, 1.807) is 18.6 Å². The van der Waals surface area contributed by atoms with Crippen LogP contribution in [0.15, 0.2) is 24.3 Å². The number of hydrogen-bond acceptors (Lipinski definition) is 6. The Morgan fingerprint density at radius 1 is 1.23 bits per heavy atom. The summed E-state index contributed by atoms with van der Waals surface area (Å²) in [5.74, 6) is 2.36. The highest BCUT2D eigenvalue weighted by Gasteiger charge is 2.53. The van der Waals surface area contributed by atoms with Crippen molar-refractivity contribution in [1.29, 1.82) is 0 Å². The molecular formula is C20H26N4OS. The number of rotatable bonds is 4. The Kier molecular flexibility index (Phi) is 4.22. The van der Waals surface area contributed by atoms with Crippen molar-refractivity contribution in [3.05, 3.63) is 40.4 Å². The largest absolute Gasteiger partial charge is 0.497 e. The van der Waals surface area contributed by atoms with E-state index < -0.39 is 0 Å². The molecule has 26 heavy (non-hydrogen) atoms. The predicted molar refractivity (Wildman–Crippen MR) is 103 cm³/mol. The summed E-state index contributed by atoms with van der Waals surface area (Å²) in [6, 6.07) is 10.0. The third kappa shape index (κ3) is 2.66. The summed E-state index contributed by atoms with van der Waals surface area (Å²) in [5.41, 5.74) is 2.52. The van der Waals surface area contributed by atoms with Crippen LogP contribution >= 0.6 is 11.5 Å². The molecule has 3 atom stereocenters. The van der Waals surface area contributed by atoms with Crippen LogP contribution in [0.2, 0.25) is 0 Å². The highest BCUT2D eigenvalue weighted by atomic mass is 32.1. The molecule has 6 heteroatoms. The molecule has 0 aliphatic carbocycles. The van der Waals surface area contributed by atoms with Crippen molar-refractivity contribution in [2.45, 2.75) is 44.3 Å². The number of ether oxygens (including phenoxy) is 1. The van der Waals surface area contributed by atoms with Crippen LogP contribution in [0.1, 0.15) is 34.9 Å². The Balaban J connectivity index is 1.49. The van der Waals surface area contributed by atoms with Crippen LogP contribution in [0.5, 0.6) is 5.75 Å². The molecule has 0 spiro atoms. The van der Waals surface area contributed by atoms with Crippen molar-refractivity contribution in [2.75, 3.05) is 26.7 Å². The van der Waals surface area contributed by atoms with Gasteiger partial charge in [0.1, 0.15) is 5.75 Å². The Morgan fingerprint density at radius 3 is 2.81 bits per heavy atom. The zero-order chi connectivity index (χ0) is 17.7. The number of nitrogens with zero attached hydrogens (tertiary/aromatic N) is 4. The van der Waals surface area contributed by atoms with Gasteiger partial charge in [-0.15, -0.1) is 5.10 Å². The average Bonchev–Trinajstić information content (AvgIpc) is 3.28. The van der Waals surface area contributed by atoms with Crippen LogP contribution < -0.4 is 4.74 Å². The van der Waals surface area contributed by atoms with Crippen molar-refractivity contribution in [3.8, 4) is 5.75 Å². The topological polar surface area (TPSA) is 41.5 Å². The van der Waals surface area contributed by atoms with Crippen molar-refractivity contribution in [2.24, 2.45) is 5.92 Å². The minimum Gasteiger partial charge on any atom is -0.497 e. The fraction of sp³-hybridized carbons (Fsp3) is 0.600. The Morgan fingerprint density at radius 2 is 2.08 bits per heavy atom. The lowest BCUT2D eigenvalue weighted by molar-refractivity contribution is -0.00850. The second-order valence-electron chi connectivity index (χ2n) is 7.95. The summed E-state index contributed by atoms with van der Waals surface area (Å²) in [4.78, 5) is 6.81. The maximum atomic E-state index is 5.50. The molecular weight excluding hydrogens is 344 g/mol. The third-order valence-corrected chi connectivity index (χ3v) is 7.52. The van der Waals surface area contributed by atoms with E-state index in [9.17, 15) is 0 Å². The molecule has 4 aliphatic heterocycles. The second-order valence-corrected chi connectivity index (χ2v) is 8.79. The van der Waals surface area contributed by atoms with Crippen LogP contribution in [-0.4, -0.2) is 58.2 Å². The smallest absolute Gasteiger partial charge is 0.119 e. The number of aromatic nitrogens is 2. The van der Waals surface area contributed by atoms with Crippen molar-refractivity contribution in [3.63, 3.8) is 0 Å². The normalized spacial score (nSPS) is 33.4. The second kappa shape index (κ2) is 6.59. The van der Waals surface area contributed by atoms with E-state index in [-0.39, 0.29) is 0 Å². The number of aryl methyl sites for hydroxylation is 1. The Labute approximate surface area is 159 Å². The Bertz CT molecular complexity index is 786. The van der Waals surface area contributed by atoms with E-state index in [1.807, 2.05) is 6.07 Å². The van der Waals surface area contributed by atoms with Gasteiger partial charge in [0.2, 0.25) is 0 Å². The van der Waals surface area contributed by atoms with Crippen LogP contribution in [0.4, 0.5) is 0 Å². The van der Waals surface area contributed by atoms with E-state index in [2.05, 4.69) is 44.5 Å². The zero-order valence-electron chi connectivity index (χ0n) is 15.5. The van der Waals surface area contributed by atoms with Gasteiger partial charge in [0.05, 0.1) is 17.7 Å². The molecule has 1 aromatic carbocycles. The SMILES string of the molecule is COc1cccc([C@@H]2CN(Cc3snnc3C)[C@@H]3C4CCN(CC4)[C@@H]32)c1. The van der Waals surface area contributed by atoms with Gasteiger partial charge in [-0.25, -0.2) is 0 Å². The molecule has 1 aromatic heterocycles. The molecule has 4 fully saturated rings. The summed E-state index contributed by atoms with van der Waals surface area (Å²) in [6.45, 7) is 6.73. The summed E-state index contributed by atoms with van der Waals surface area (Å²) in [7, 11) is 1.76. The van der Waals surface area contributed by atoms with Gasteiger partial charge in [-0.2, -0.15) is 0 Å². The monoisotopic (exact) mass is 370 g/mol. The molecule has 2 aromatic rings. The predicted octanol–water partition coefficient (Wildman–Crippen LogP) is 2.92. The van der Waals surface area contributed by atoms with E-state index in [0.29, 0.717) is 18.0 Å². The Hall–Kier alpha value is -1.50. The maximum absolute atomic E-state index is 5.50. The summed E-state index contributed by atoms with van der Waals surface area (Å²) in [5, 5.41) is 4.23. The number of fused-ring (bicyclic) bond motifs is 2. The van der Waals surface area contributed by atoms with Crippen LogP contribution in [0.3, 0.4) is 0 Å². The summed E-state index contributed by atoms with van der Waals surface area (Å²) >= 11 is 1.56. The van der Waals surface area contributed by atoms with E-state index in [4.69, 9.17) is 4.74 Å². The lowest BCUT2D eigenvalue weighted by Crippen LogP contribution is -2.59. The first-order chi connectivity index (χ1) is 12.7. The highest BCUT2D eigenvalue weighted by molar-refractivity contribution is 7.05. The quantitative estimate of drug-likeness (QED) is 0.828. The zero-order valence-corrected chi connectivity index (χ0v) is 16.3. The van der Waals surface area contributed by atoms with Crippen LogP contribution in [-0.2, 0) is 6.54 Å². The van der Waals surface area contributed by atoms with Gasteiger partial charge in [-0.05, 0) is 68.0 Å². The molecule has 2 bridgehead atoms. The van der Waals surface area contributed by atoms with Gasteiger partial charge < -0.3 is 4.74 Å². The standard InChI is InChI=1S/C20H26N4OS/c1-13-18(26-22-21-13)12-24-11-17(15-4-3-5-16(10-15)25-2)20-19(24)14-6-8-23(20)9-7-14/h3-5,10,14,17,19-20H,6-9,11-12H2,1-2H3/t17-,19+,20+/m0/s1. The van der Waals surface area contributed by atoms with Gasteiger partial charge in [0.25, 0.3) is 0 Å². The molecule has 5 nitrogen and oxygen atoms in total. The van der Waals surface area contributed by atoms with Crippen molar-refractivity contribution in [1.82, 2.24) is 19.4 Å². The number of hydrogen-bond donors (Lipinski definition) is 0. The van der Waals surface area contributed by atoms with Crippen molar-refractivity contribution < 1.29 is 4.74 Å². The maximum Gasteiger partial charge on any atom is 0.119 e. The molecule has 0 radical (unpaired) electrons. The number of methoxy groups -OCH3 is 1. The molecule has 138 valence electrons. The number of piperidine rings is 3. The minimum absolute atomic E-state index is 0.555. The first kappa shape index (κ1) is 16.7. The molecule has 0 unspecified atom stereocenters. The van der Waals surface area contributed by atoms with E-state index in [0.717, 1.165) is 30.5 Å². The van der Waals surface area contributed by atoms with Crippen LogP contribution in [0, 0.1) is 12.8 Å². The minimum atomic E-state index is 0.555. The first-order valence-corrected chi connectivity index (χ1v) is 10.4. The molecule has 6 rings (SSSR count). The third-order valence-electron chi connectivity index (χ3n) is 6.71. The first-order valence-electron chi connectivity index (χ1n) is 9.64. The van der Waals surface area contributed by atoms with Gasteiger partial charge in [0, 0.05) is 31.1 Å². The molecule has 0 saturated carbocycles. The molecule has 4 saturated heterocycles. The van der Waals surface area contributed by atoms with Gasteiger partial charge >= 0.3 is 0 Å². The molecule has 4 aliphatic rings. The fourth-order valence-electron chi connectivity index (χ4n) is 5.47. The summed E-state index contributed by atoms with van der Waals surface area (Å²) in [6.07, 6.45) is 2.70. The number of likely N-dealkylation sites (tertiary alicyclic amines) is 1. The lowest BCUT2D eigenvalue weighted by Gasteiger charge is -2.51. The fourth-order valence-corrected chi connectivity index (χ4v) is 6.13.